The molecular formula is C21H26ClN5O3S. The zero-order chi connectivity index (χ0) is 22.2. The van der Waals surface area contributed by atoms with Crippen molar-refractivity contribution in [1.29, 1.82) is 5.41 Å². The van der Waals surface area contributed by atoms with Gasteiger partial charge >= 0.3 is 0 Å². The van der Waals surface area contributed by atoms with Gasteiger partial charge in [-0.25, -0.2) is 8.42 Å². The van der Waals surface area contributed by atoms with E-state index in [1.54, 1.807) is 53.3 Å². The van der Waals surface area contributed by atoms with Crippen LogP contribution in [0.2, 0.25) is 5.02 Å². The number of piperazine rings is 1. The number of hydrogen-bond donors (Lipinski definition) is 2. The van der Waals surface area contributed by atoms with Crippen molar-refractivity contribution >= 4 is 44.1 Å². The van der Waals surface area contributed by atoms with Gasteiger partial charge in [0, 0.05) is 11.6 Å². The smallest absolute Gasteiger partial charge is 0.256 e. The summed E-state index contributed by atoms with van der Waals surface area (Å²) in [5.41, 5.74) is 0. The van der Waals surface area contributed by atoms with Crippen molar-refractivity contribution in [2.45, 2.75) is 30.7 Å². The summed E-state index contributed by atoms with van der Waals surface area (Å²) in [6, 6.07) is 10.2. The standard InChI is InChI=1S/C21H26ClN5O3S/c1-15(23)27(19-6-8-24-9-7-19)26-11-10-25(14-21(26)28)31(29,30)20-5-3-16-12-18(22)4-2-17(16)13-20/h2-5,12-13,19,23-24H,6-11,14H2,1H3. The van der Waals surface area contributed by atoms with E-state index in [0.717, 1.165) is 36.7 Å². The summed E-state index contributed by atoms with van der Waals surface area (Å²) < 4.78 is 27.7. The molecule has 2 aromatic rings. The summed E-state index contributed by atoms with van der Waals surface area (Å²) in [5, 5.41) is 17.0. The molecule has 2 aliphatic rings. The second kappa shape index (κ2) is 8.74. The van der Waals surface area contributed by atoms with E-state index < -0.39 is 10.0 Å². The number of nitrogens with zero attached hydrogens (tertiary/aromatic N) is 3. The highest BCUT2D eigenvalue weighted by Crippen LogP contribution is 2.26. The van der Waals surface area contributed by atoms with Gasteiger partial charge in [0.25, 0.3) is 5.91 Å². The number of piperidine rings is 1. The quantitative estimate of drug-likeness (QED) is 0.535. The molecule has 10 heteroatoms. The van der Waals surface area contributed by atoms with E-state index in [9.17, 15) is 13.2 Å². The Labute approximate surface area is 187 Å². The molecule has 0 radical (unpaired) electrons. The third-order valence-electron chi connectivity index (χ3n) is 5.83. The van der Waals surface area contributed by atoms with Gasteiger partial charge in [0.15, 0.2) is 0 Å². The molecule has 166 valence electrons. The van der Waals surface area contributed by atoms with E-state index in [2.05, 4.69) is 5.32 Å². The summed E-state index contributed by atoms with van der Waals surface area (Å²) in [7, 11) is -3.82. The Morgan fingerprint density at radius 2 is 1.81 bits per heavy atom. The van der Waals surface area contributed by atoms with Crippen molar-refractivity contribution in [3.8, 4) is 0 Å². The Hall–Kier alpha value is -2.20. The Morgan fingerprint density at radius 3 is 2.48 bits per heavy atom. The van der Waals surface area contributed by atoms with Crippen LogP contribution in [-0.2, 0) is 14.8 Å². The predicted molar refractivity (Wildman–Crippen MR) is 121 cm³/mol. The van der Waals surface area contributed by atoms with Crippen LogP contribution >= 0.6 is 11.6 Å². The normalized spacial score (nSPS) is 19.0. The molecule has 0 unspecified atom stereocenters. The molecule has 2 N–H and O–H groups in total. The molecule has 0 saturated carbocycles. The zero-order valence-corrected chi connectivity index (χ0v) is 18.9. The van der Waals surface area contributed by atoms with E-state index in [4.69, 9.17) is 17.0 Å². The number of nitrogens with one attached hydrogen (secondary N) is 2. The highest BCUT2D eigenvalue weighted by Gasteiger charge is 2.37. The molecule has 0 atom stereocenters. The first-order valence-corrected chi connectivity index (χ1v) is 12.1. The van der Waals surface area contributed by atoms with Gasteiger partial charge in [-0.1, -0.05) is 23.7 Å². The number of hydrazine groups is 1. The minimum absolute atomic E-state index is 0.0677. The molecule has 2 fully saturated rings. The van der Waals surface area contributed by atoms with Crippen LogP contribution < -0.4 is 5.32 Å². The number of rotatable bonds is 4. The SMILES string of the molecule is CC(=N)N(C1CCNCC1)N1CCN(S(=O)(=O)c2ccc3cc(Cl)ccc3c2)CC1=O. The van der Waals surface area contributed by atoms with Crippen molar-refractivity contribution < 1.29 is 13.2 Å². The number of amides is 1. The molecule has 0 aromatic heterocycles. The van der Waals surface area contributed by atoms with Crippen LogP contribution in [0.25, 0.3) is 10.8 Å². The molecule has 1 amide bonds. The fraction of sp³-hybridized carbons (Fsp3) is 0.429. The molecule has 0 bridgehead atoms. The van der Waals surface area contributed by atoms with Crippen molar-refractivity contribution in [3.05, 3.63) is 41.4 Å². The van der Waals surface area contributed by atoms with Crippen LogP contribution in [0.3, 0.4) is 0 Å². The van der Waals surface area contributed by atoms with Gasteiger partial charge in [0.1, 0.15) is 5.84 Å². The zero-order valence-electron chi connectivity index (χ0n) is 17.3. The van der Waals surface area contributed by atoms with E-state index in [1.807, 2.05) is 0 Å². The lowest BCUT2D eigenvalue weighted by Gasteiger charge is -2.45. The second-order valence-corrected chi connectivity index (χ2v) is 10.3. The van der Waals surface area contributed by atoms with Gasteiger partial charge in [-0.15, -0.1) is 0 Å². The lowest BCUT2D eigenvalue weighted by Crippen LogP contribution is -2.62. The second-order valence-electron chi connectivity index (χ2n) is 7.92. The number of carbonyl (C=O) groups excluding carboxylic acids is 1. The van der Waals surface area contributed by atoms with Crippen molar-refractivity contribution in [1.82, 2.24) is 19.6 Å². The molecule has 2 saturated heterocycles. The van der Waals surface area contributed by atoms with Gasteiger partial charge in [0.05, 0.1) is 24.0 Å². The molecule has 4 rings (SSSR count). The maximum atomic E-state index is 13.2. The van der Waals surface area contributed by atoms with Gasteiger partial charge in [-0.3, -0.25) is 20.2 Å². The predicted octanol–water partition coefficient (Wildman–Crippen LogP) is 2.29. The Morgan fingerprint density at radius 1 is 1.13 bits per heavy atom. The average Bonchev–Trinajstić information content (AvgIpc) is 2.75. The van der Waals surface area contributed by atoms with Gasteiger partial charge in [0.2, 0.25) is 10.0 Å². The van der Waals surface area contributed by atoms with Crippen LogP contribution in [0.1, 0.15) is 19.8 Å². The number of amidine groups is 1. The van der Waals surface area contributed by atoms with Crippen LogP contribution in [0.4, 0.5) is 0 Å². The van der Waals surface area contributed by atoms with E-state index in [1.165, 1.54) is 4.31 Å². The lowest BCUT2D eigenvalue weighted by molar-refractivity contribution is -0.150. The van der Waals surface area contributed by atoms with Crippen LogP contribution in [0.15, 0.2) is 41.3 Å². The first-order chi connectivity index (χ1) is 14.8. The minimum Gasteiger partial charge on any atom is -0.317 e. The van der Waals surface area contributed by atoms with E-state index >= 15 is 0 Å². The highest BCUT2D eigenvalue weighted by atomic mass is 35.5. The van der Waals surface area contributed by atoms with Crippen LogP contribution in [0, 0.1) is 5.41 Å². The van der Waals surface area contributed by atoms with E-state index in [-0.39, 0.29) is 36.5 Å². The van der Waals surface area contributed by atoms with Crippen molar-refractivity contribution in [2.24, 2.45) is 0 Å². The summed E-state index contributed by atoms with van der Waals surface area (Å²) in [5.74, 6) is -0.0164. The minimum atomic E-state index is -3.82. The molecule has 8 nitrogen and oxygen atoms in total. The van der Waals surface area contributed by atoms with Crippen LogP contribution in [0.5, 0.6) is 0 Å². The molecule has 2 heterocycles. The molecule has 31 heavy (non-hydrogen) atoms. The summed E-state index contributed by atoms with van der Waals surface area (Å²) in [6.07, 6.45) is 1.67. The third-order valence-corrected chi connectivity index (χ3v) is 7.91. The number of hydrogen-bond acceptors (Lipinski definition) is 5. The maximum absolute atomic E-state index is 13.2. The van der Waals surface area contributed by atoms with Crippen molar-refractivity contribution in [2.75, 3.05) is 32.7 Å². The Kier molecular flexibility index (Phi) is 6.20. The molecule has 0 spiro atoms. The lowest BCUT2D eigenvalue weighted by atomic mass is 10.1. The van der Waals surface area contributed by atoms with E-state index in [0.29, 0.717) is 10.9 Å². The van der Waals surface area contributed by atoms with Crippen LogP contribution in [-0.4, -0.2) is 73.2 Å². The summed E-state index contributed by atoms with van der Waals surface area (Å²) in [6.45, 7) is 3.51. The fourth-order valence-electron chi connectivity index (χ4n) is 4.28. The molecule has 0 aliphatic carbocycles. The fourth-order valence-corrected chi connectivity index (χ4v) is 5.88. The number of fused-ring (bicyclic) bond motifs is 1. The van der Waals surface area contributed by atoms with Gasteiger partial charge in [-0.05, 0) is 67.9 Å². The number of sulfonamides is 1. The largest absolute Gasteiger partial charge is 0.317 e. The summed E-state index contributed by atoms with van der Waals surface area (Å²) in [4.78, 5) is 13.1. The average molecular weight is 464 g/mol. The highest BCUT2D eigenvalue weighted by molar-refractivity contribution is 7.89. The summed E-state index contributed by atoms with van der Waals surface area (Å²) >= 11 is 6.01. The molecular weight excluding hydrogens is 438 g/mol. The molecule has 2 aromatic carbocycles. The number of carbonyl (C=O) groups is 1. The van der Waals surface area contributed by atoms with Gasteiger partial charge in [-0.2, -0.15) is 4.31 Å². The topological polar surface area (TPSA) is 96.8 Å². The first kappa shape index (κ1) is 22.0. The first-order valence-electron chi connectivity index (χ1n) is 10.3. The number of benzene rings is 2. The van der Waals surface area contributed by atoms with Crippen molar-refractivity contribution in [3.63, 3.8) is 0 Å². The Balaban J connectivity index is 1.54. The number of halogens is 1. The van der Waals surface area contributed by atoms with Gasteiger partial charge < -0.3 is 5.32 Å². The monoisotopic (exact) mass is 463 g/mol. The maximum Gasteiger partial charge on any atom is 0.256 e. The third kappa shape index (κ3) is 4.41. The molecule has 2 aliphatic heterocycles. The Bertz CT molecular complexity index is 1120.